The van der Waals surface area contributed by atoms with Crippen LogP contribution in [0, 0.1) is 0 Å². The minimum absolute atomic E-state index is 0.402. The second-order valence-electron chi connectivity index (χ2n) is 7.82. The third-order valence-corrected chi connectivity index (χ3v) is 5.71. The van der Waals surface area contributed by atoms with Crippen molar-refractivity contribution in [3.63, 3.8) is 0 Å². The number of benzene rings is 2. The number of imidazole rings is 1. The summed E-state index contributed by atoms with van der Waals surface area (Å²) < 4.78 is 2.10. The third-order valence-electron chi connectivity index (χ3n) is 5.71. The normalized spacial score (nSPS) is 13.3. The highest BCUT2D eigenvalue weighted by Gasteiger charge is 2.24. The zero-order valence-corrected chi connectivity index (χ0v) is 16.9. The van der Waals surface area contributed by atoms with Crippen molar-refractivity contribution < 1.29 is 0 Å². The van der Waals surface area contributed by atoms with Crippen LogP contribution in [-0.2, 0) is 19.4 Å². The zero-order valence-electron chi connectivity index (χ0n) is 16.9. The van der Waals surface area contributed by atoms with Crippen LogP contribution < -0.4 is 5.32 Å². The molecule has 150 valence electrons. The Morgan fingerprint density at radius 1 is 0.933 bits per heavy atom. The minimum Gasteiger partial charge on any atom is -0.370 e. The van der Waals surface area contributed by atoms with E-state index in [4.69, 9.17) is 9.97 Å². The van der Waals surface area contributed by atoms with Gasteiger partial charge in [0, 0.05) is 43.0 Å². The van der Waals surface area contributed by atoms with Crippen molar-refractivity contribution in [3.8, 4) is 11.4 Å². The molecular formula is C25H25N5. The molecule has 5 rings (SSSR count). The molecular weight excluding hydrogens is 370 g/mol. The Bertz CT molecular complexity index is 1080. The van der Waals surface area contributed by atoms with Crippen LogP contribution in [0.5, 0.6) is 0 Å². The predicted octanol–water partition coefficient (Wildman–Crippen LogP) is 4.72. The molecule has 0 unspecified atom stereocenters. The van der Waals surface area contributed by atoms with Gasteiger partial charge in [0.25, 0.3) is 0 Å². The summed E-state index contributed by atoms with van der Waals surface area (Å²) in [4.78, 5) is 13.9. The molecule has 1 N–H and O–H groups in total. The van der Waals surface area contributed by atoms with Crippen molar-refractivity contribution in [2.24, 2.45) is 0 Å². The molecule has 0 saturated carbocycles. The van der Waals surface area contributed by atoms with Gasteiger partial charge in [-0.1, -0.05) is 54.6 Å². The number of fused-ring (bicyclic) bond motifs is 1. The molecule has 0 fully saturated rings. The zero-order chi connectivity index (χ0) is 20.2. The molecule has 0 saturated heterocycles. The number of aromatic nitrogens is 4. The first-order valence-corrected chi connectivity index (χ1v) is 10.6. The van der Waals surface area contributed by atoms with Crippen molar-refractivity contribution in [1.29, 1.82) is 0 Å². The number of nitrogens with one attached hydrogen (secondary N) is 1. The van der Waals surface area contributed by atoms with Crippen molar-refractivity contribution in [2.45, 2.75) is 31.7 Å². The van der Waals surface area contributed by atoms with Gasteiger partial charge in [-0.05, 0) is 30.4 Å². The van der Waals surface area contributed by atoms with E-state index in [-0.39, 0.29) is 0 Å². The molecule has 0 radical (unpaired) electrons. The Morgan fingerprint density at radius 2 is 1.70 bits per heavy atom. The lowest BCUT2D eigenvalue weighted by atomic mass is 10.0. The molecule has 0 aliphatic heterocycles. The van der Waals surface area contributed by atoms with Crippen LogP contribution >= 0.6 is 0 Å². The first-order valence-electron chi connectivity index (χ1n) is 10.6. The van der Waals surface area contributed by atoms with Crippen LogP contribution in [0.15, 0.2) is 79.4 Å². The lowest BCUT2D eigenvalue weighted by Crippen LogP contribution is -2.10. The molecule has 2 aromatic carbocycles. The minimum atomic E-state index is 0.402. The van der Waals surface area contributed by atoms with Gasteiger partial charge in [0.2, 0.25) is 0 Å². The number of aryl methyl sites for hydroxylation is 1. The van der Waals surface area contributed by atoms with Gasteiger partial charge in [-0.15, -0.1) is 0 Å². The highest BCUT2D eigenvalue weighted by Crippen LogP contribution is 2.34. The average Bonchev–Trinajstić information content (AvgIpc) is 3.47. The topological polar surface area (TPSA) is 55.6 Å². The number of nitrogens with zero attached hydrogens (tertiary/aromatic N) is 4. The second kappa shape index (κ2) is 8.49. The highest BCUT2D eigenvalue weighted by molar-refractivity contribution is 5.58. The van der Waals surface area contributed by atoms with E-state index >= 15 is 0 Å². The second-order valence-corrected chi connectivity index (χ2v) is 7.82. The van der Waals surface area contributed by atoms with Gasteiger partial charge < -0.3 is 9.88 Å². The molecule has 5 heteroatoms. The Morgan fingerprint density at radius 3 is 2.43 bits per heavy atom. The summed E-state index contributed by atoms with van der Waals surface area (Å²) >= 11 is 0. The van der Waals surface area contributed by atoms with E-state index in [9.17, 15) is 0 Å². The van der Waals surface area contributed by atoms with E-state index in [0.717, 1.165) is 55.3 Å². The highest BCUT2D eigenvalue weighted by atomic mass is 15.0. The van der Waals surface area contributed by atoms with Gasteiger partial charge >= 0.3 is 0 Å². The number of hydrogen-bond donors (Lipinski definition) is 1. The Kier molecular flexibility index (Phi) is 5.25. The molecule has 1 aliphatic carbocycles. The van der Waals surface area contributed by atoms with Crippen LogP contribution in [0.1, 0.15) is 29.2 Å². The van der Waals surface area contributed by atoms with E-state index < -0.39 is 0 Å². The molecule has 30 heavy (non-hydrogen) atoms. The molecule has 0 bridgehead atoms. The maximum atomic E-state index is 4.97. The van der Waals surface area contributed by atoms with Crippen LogP contribution in [-0.4, -0.2) is 26.1 Å². The monoisotopic (exact) mass is 395 g/mol. The number of anilines is 1. The molecule has 0 atom stereocenters. The Labute approximate surface area is 176 Å². The number of hydrogen-bond acceptors (Lipinski definition) is 4. The maximum Gasteiger partial charge on any atom is 0.161 e. The van der Waals surface area contributed by atoms with Crippen molar-refractivity contribution >= 4 is 5.82 Å². The van der Waals surface area contributed by atoms with Gasteiger partial charge in [-0.2, -0.15) is 0 Å². The Balaban J connectivity index is 1.37. The third kappa shape index (κ3) is 4.10. The van der Waals surface area contributed by atoms with E-state index in [1.54, 1.807) is 0 Å². The van der Waals surface area contributed by atoms with Crippen molar-refractivity contribution in [3.05, 3.63) is 96.2 Å². The summed E-state index contributed by atoms with van der Waals surface area (Å²) in [6, 6.07) is 21.1. The molecule has 1 aliphatic rings. The average molecular weight is 396 g/mol. The fourth-order valence-corrected chi connectivity index (χ4v) is 4.15. The lowest BCUT2D eigenvalue weighted by Gasteiger charge is -2.14. The summed E-state index contributed by atoms with van der Waals surface area (Å²) in [7, 11) is 0. The quantitative estimate of drug-likeness (QED) is 0.460. The predicted molar refractivity (Wildman–Crippen MR) is 119 cm³/mol. The van der Waals surface area contributed by atoms with Gasteiger partial charge in [-0.25, -0.2) is 15.0 Å². The fraction of sp³-hybridized carbons (Fsp3) is 0.240. The van der Waals surface area contributed by atoms with E-state index in [0.29, 0.717) is 5.92 Å². The smallest absolute Gasteiger partial charge is 0.161 e. The molecule has 0 amide bonds. The van der Waals surface area contributed by atoms with Gasteiger partial charge in [-0.3, -0.25) is 0 Å². The SMILES string of the molecule is c1ccc(-c2nc(NCCCn3ccnc3)cc(C3Cc4ccccc4C3)n2)cc1. The summed E-state index contributed by atoms with van der Waals surface area (Å²) in [5.74, 6) is 2.10. The van der Waals surface area contributed by atoms with E-state index in [1.807, 2.05) is 36.9 Å². The molecule has 2 heterocycles. The molecule has 2 aromatic heterocycles. The van der Waals surface area contributed by atoms with Crippen LogP contribution in [0.2, 0.25) is 0 Å². The largest absolute Gasteiger partial charge is 0.370 e. The Hall–Kier alpha value is -3.47. The van der Waals surface area contributed by atoms with Crippen LogP contribution in [0.3, 0.4) is 0 Å². The van der Waals surface area contributed by atoms with Gasteiger partial charge in [0.05, 0.1) is 12.0 Å². The van der Waals surface area contributed by atoms with Crippen molar-refractivity contribution in [1.82, 2.24) is 19.5 Å². The molecule has 5 nitrogen and oxygen atoms in total. The van der Waals surface area contributed by atoms with Crippen molar-refractivity contribution in [2.75, 3.05) is 11.9 Å². The van der Waals surface area contributed by atoms with E-state index in [1.165, 1.54) is 11.1 Å². The number of rotatable bonds is 7. The summed E-state index contributed by atoms with van der Waals surface area (Å²) in [5.41, 5.74) is 5.06. The van der Waals surface area contributed by atoms with Gasteiger partial charge in [0.15, 0.2) is 5.82 Å². The lowest BCUT2D eigenvalue weighted by molar-refractivity contribution is 0.659. The van der Waals surface area contributed by atoms with Crippen LogP contribution in [0.25, 0.3) is 11.4 Å². The standard InChI is InChI=1S/C25H25N5/c1-2-7-19(8-3-1)25-28-23(22-15-20-9-4-5-10-21(20)16-22)17-24(29-25)27-11-6-13-30-14-12-26-18-30/h1-5,7-10,12,14,17-18,22H,6,11,13,15-16H2,(H,27,28,29). The maximum absolute atomic E-state index is 4.97. The van der Waals surface area contributed by atoms with Crippen LogP contribution in [0.4, 0.5) is 5.82 Å². The molecule has 0 spiro atoms. The molecule has 4 aromatic rings. The summed E-state index contributed by atoms with van der Waals surface area (Å²) in [6.45, 7) is 1.79. The first kappa shape index (κ1) is 18.6. The van der Waals surface area contributed by atoms with E-state index in [2.05, 4.69) is 57.3 Å². The summed E-state index contributed by atoms with van der Waals surface area (Å²) in [6.07, 6.45) is 8.76. The first-order chi connectivity index (χ1) is 14.8. The van der Waals surface area contributed by atoms with Gasteiger partial charge in [0.1, 0.15) is 5.82 Å². The fourth-order valence-electron chi connectivity index (χ4n) is 4.15. The summed E-state index contributed by atoms with van der Waals surface area (Å²) in [5, 5.41) is 3.52.